The van der Waals surface area contributed by atoms with Crippen LogP contribution in [0.15, 0.2) is 118 Å². The Morgan fingerprint density at radius 1 is 0.406 bits per heavy atom. The summed E-state index contributed by atoms with van der Waals surface area (Å²) in [6, 6.07) is 33.3. The van der Waals surface area contributed by atoms with Crippen LogP contribution in [0.1, 0.15) is 0 Å². The maximum atomic E-state index is 4.66. The largest absolute Gasteiger partial charge is 0.252 e. The van der Waals surface area contributed by atoms with Gasteiger partial charge < -0.3 is 0 Å². The summed E-state index contributed by atoms with van der Waals surface area (Å²) in [6.07, 6.45) is 3.68. The van der Waals surface area contributed by atoms with Crippen LogP contribution < -0.4 is 0 Å². The van der Waals surface area contributed by atoms with Gasteiger partial charge in [-0.25, -0.2) is 0 Å². The summed E-state index contributed by atoms with van der Waals surface area (Å²) in [5, 5.41) is 0. The molecule has 4 heteroatoms. The maximum Gasteiger partial charge on any atom is 0.0885 e. The molecule has 0 fully saturated rings. The van der Waals surface area contributed by atoms with E-state index >= 15 is 0 Å². The minimum atomic E-state index is 0.859. The van der Waals surface area contributed by atoms with Crippen LogP contribution in [0, 0.1) is 0 Å². The van der Waals surface area contributed by atoms with Crippen molar-refractivity contribution in [3.05, 3.63) is 118 Å². The highest BCUT2D eigenvalue weighted by Gasteiger charge is 2.07. The number of nitrogens with zero attached hydrogens (tertiary/aromatic N) is 2. The monoisotopic (exact) mass is 540 g/mol. The highest BCUT2D eigenvalue weighted by molar-refractivity contribution is 9.11. The summed E-state index contributed by atoms with van der Waals surface area (Å²) < 4.78 is 2.17. The Morgan fingerprint density at radius 3 is 1.09 bits per heavy atom. The van der Waals surface area contributed by atoms with E-state index in [1.165, 1.54) is 11.1 Å². The fourth-order valence-corrected chi connectivity index (χ4v) is 4.69. The molecule has 2 nitrogen and oxygen atoms in total. The average molecular weight is 542 g/mol. The predicted octanol–water partition coefficient (Wildman–Crippen LogP) is 8.67. The highest BCUT2D eigenvalue weighted by atomic mass is 79.9. The Bertz CT molecular complexity index is 1250. The van der Waals surface area contributed by atoms with E-state index in [0.29, 0.717) is 0 Å². The zero-order valence-electron chi connectivity index (χ0n) is 17.0. The van der Waals surface area contributed by atoms with Gasteiger partial charge in [0.15, 0.2) is 0 Å². The van der Waals surface area contributed by atoms with Crippen molar-refractivity contribution in [2.75, 3.05) is 0 Å². The molecule has 0 atom stereocenters. The molecule has 0 bridgehead atoms. The van der Waals surface area contributed by atoms with Crippen molar-refractivity contribution in [2.45, 2.75) is 0 Å². The molecule has 0 N–H and O–H groups in total. The molecule has 0 aliphatic carbocycles. The van der Waals surface area contributed by atoms with E-state index in [1.54, 1.807) is 0 Å². The van der Waals surface area contributed by atoms with E-state index in [2.05, 4.69) is 115 Å². The number of hydrogen-bond acceptors (Lipinski definition) is 2. The molecule has 0 aliphatic rings. The highest BCUT2D eigenvalue weighted by Crippen LogP contribution is 2.31. The van der Waals surface area contributed by atoms with Crippen LogP contribution in [-0.2, 0) is 0 Å². The number of hydrogen-bond donors (Lipinski definition) is 0. The number of aromatic nitrogens is 2. The van der Waals surface area contributed by atoms with Gasteiger partial charge in [-0.3, -0.25) is 9.97 Å². The van der Waals surface area contributed by atoms with E-state index < -0.39 is 0 Å². The molecule has 0 amide bonds. The van der Waals surface area contributed by atoms with E-state index in [4.69, 9.17) is 0 Å². The molecule has 154 valence electrons. The zero-order valence-corrected chi connectivity index (χ0v) is 20.2. The molecule has 0 saturated carbocycles. The Morgan fingerprint density at radius 2 is 0.750 bits per heavy atom. The van der Waals surface area contributed by atoms with Crippen LogP contribution in [0.5, 0.6) is 0 Å². The molecule has 0 aliphatic heterocycles. The Labute approximate surface area is 204 Å². The van der Waals surface area contributed by atoms with Crippen molar-refractivity contribution in [2.24, 2.45) is 0 Å². The molecule has 0 spiro atoms. The Hall–Kier alpha value is -3.08. The van der Waals surface area contributed by atoms with Gasteiger partial charge in [0.1, 0.15) is 0 Å². The van der Waals surface area contributed by atoms with Crippen molar-refractivity contribution >= 4 is 31.9 Å². The van der Waals surface area contributed by atoms with Gasteiger partial charge in [-0.15, -0.1) is 0 Å². The molecule has 0 unspecified atom stereocenters. The Balaban J connectivity index is 1.36. The number of benzene rings is 4. The molecular formula is C28H18Br2N2. The average Bonchev–Trinajstić information content (AvgIpc) is 2.85. The van der Waals surface area contributed by atoms with Crippen molar-refractivity contribution < 1.29 is 0 Å². The summed E-state index contributed by atoms with van der Waals surface area (Å²) in [5.41, 5.74) is 8.48. The summed E-state index contributed by atoms with van der Waals surface area (Å²) in [6.45, 7) is 0. The van der Waals surface area contributed by atoms with E-state index in [-0.39, 0.29) is 0 Å². The quantitative estimate of drug-likeness (QED) is 0.227. The normalized spacial score (nSPS) is 10.8. The third-order valence-electron chi connectivity index (χ3n) is 5.38. The second-order valence-corrected chi connectivity index (χ2v) is 9.11. The van der Waals surface area contributed by atoms with Crippen molar-refractivity contribution in [3.8, 4) is 44.8 Å². The van der Waals surface area contributed by atoms with Crippen LogP contribution in [0.2, 0.25) is 0 Å². The SMILES string of the molecule is Brc1ccccc1-c1ccc(-c2cnc(-c3ccc(-c4ccccc4Br)cc3)cn2)cc1. The second kappa shape index (κ2) is 9.19. The fourth-order valence-electron chi connectivity index (χ4n) is 3.66. The van der Waals surface area contributed by atoms with Gasteiger partial charge in [0.05, 0.1) is 23.8 Å². The molecule has 1 aromatic heterocycles. The lowest BCUT2D eigenvalue weighted by Crippen LogP contribution is -1.90. The van der Waals surface area contributed by atoms with Crippen LogP contribution in [-0.4, -0.2) is 9.97 Å². The zero-order chi connectivity index (χ0) is 21.9. The van der Waals surface area contributed by atoms with Crippen molar-refractivity contribution in [3.63, 3.8) is 0 Å². The number of halogens is 2. The van der Waals surface area contributed by atoms with Crippen molar-refractivity contribution in [1.82, 2.24) is 9.97 Å². The molecule has 5 rings (SSSR count). The van der Waals surface area contributed by atoms with E-state index in [9.17, 15) is 0 Å². The van der Waals surface area contributed by atoms with E-state index in [1.807, 2.05) is 36.7 Å². The maximum absolute atomic E-state index is 4.66. The molecule has 32 heavy (non-hydrogen) atoms. The van der Waals surface area contributed by atoms with E-state index in [0.717, 1.165) is 42.6 Å². The standard InChI is InChI=1S/C28H18Br2N2/c29-25-7-3-1-5-23(25)19-9-13-21(14-10-19)27-17-32-28(18-31-27)22-15-11-20(12-16-22)24-6-2-4-8-26(24)30/h1-18H. The third-order valence-corrected chi connectivity index (χ3v) is 6.77. The Kier molecular flexibility index (Phi) is 5.97. The summed E-state index contributed by atoms with van der Waals surface area (Å²) >= 11 is 7.25. The minimum Gasteiger partial charge on any atom is -0.252 e. The summed E-state index contributed by atoms with van der Waals surface area (Å²) in [5.74, 6) is 0. The van der Waals surface area contributed by atoms with Crippen LogP contribution in [0.3, 0.4) is 0 Å². The smallest absolute Gasteiger partial charge is 0.0885 e. The molecular weight excluding hydrogens is 524 g/mol. The van der Waals surface area contributed by atoms with Gasteiger partial charge in [-0.2, -0.15) is 0 Å². The van der Waals surface area contributed by atoms with Gasteiger partial charge in [0, 0.05) is 20.1 Å². The first kappa shape index (κ1) is 20.8. The molecule has 5 aromatic rings. The topological polar surface area (TPSA) is 25.8 Å². The van der Waals surface area contributed by atoms with Gasteiger partial charge in [-0.1, -0.05) is 117 Å². The third kappa shape index (κ3) is 4.29. The summed E-state index contributed by atoms with van der Waals surface area (Å²) in [7, 11) is 0. The summed E-state index contributed by atoms with van der Waals surface area (Å²) in [4.78, 5) is 9.32. The van der Waals surface area contributed by atoms with Gasteiger partial charge in [0.2, 0.25) is 0 Å². The van der Waals surface area contributed by atoms with Gasteiger partial charge in [-0.05, 0) is 34.4 Å². The second-order valence-electron chi connectivity index (χ2n) is 7.40. The molecule has 4 aromatic carbocycles. The van der Waals surface area contributed by atoms with Gasteiger partial charge in [0.25, 0.3) is 0 Å². The molecule has 1 heterocycles. The predicted molar refractivity (Wildman–Crippen MR) is 139 cm³/mol. The van der Waals surface area contributed by atoms with Crippen LogP contribution in [0.25, 0.3) is 44.8 Å². The lowest BCUT2D eigenvalue weighted by Gasteiger charge is -2.08. The fraction of sp³-hybridized carbons (Fsp3) is 0. The lowest BCUT2D eigenvalue weighted by atomic mass is 10.0. The minimum absolute atomic E-state index is 0.859. The lowest BCUT2D eigenvalue weighted by molar-refractivity contribution is 1.21. The number of rotatable bonds is 4. The first-order chi connectivity index (χ1) is 15.7. The molecule has 0 saturated heterocycles. The first-order valence-corrected chi connectivity index (χ1v) is 11.8. The van der Waals surface area contributed by atoms with Crippen LogP contribution in [0.4, 0.5) is 0 Å². The van der Waals surface area contributed by atoms with Gasteiger partial charge >= 0.3 is 0 Å². The van der Waals surface area contributed by atoms with Crippen molar-refractivity contribution in [1.29, 1.82) is 0 Å². The molecule has 0 radical (unpaired) electrons. The van der Waals surface area contributed by atoms with Crippen LogP contribution >= 0.6 is 31.9 Å². The first-order valence-electron chi connectivity index (χ1n) is 10.2.